The van der Waals surface area contributed by atoms with E-state index < -0.39 is 0 Å². The van der Waals surface area contributed by atoms with E-state index in [0.29, 0.717) is 12.1 Å². The molecule has 1 amide bonds. The Hall–Kier alpha value is -2.89. The molecule has 0 aliphatic heterocycles. The minimum Gasteiger partial charge on any atom is -0.409 e. The fourth-order valence-electron chi connectivity index (χ4n) is 1.80. The van der Waals surface area contributed by atoms with Crippen molar-refractivity contribution >= 4 is 11.7 Å². The third-order valence-corrected chi connectivity index (χ3v) is 2.96. The van der Waals surface area contributed by atoms with Gasteiger partial charge in [0.15, 0.2) is 5.84 Å². The largest absolute Gasteiger partial charge is 0.409 e. The van der Waals surface area contributed by atoms with Crippen LogP contribution in [-0.4, -0.2) is 21.9 Å². The third-order valence-electron chi connectivity index (χ3n) is 2.96. The zero-order chi connectivity index (χ0) is 15.1. The van der Waals surface area contributed by atoms with E-state index in [1.807, 2.05) is 12.1 Å². The molecule has 0 bridgehead atoms. The third kappa shape index (κ3) is 4.31. The lowest BCUT2D eigenvalue weighted by Crippen LogP contribution is -2.24. The molecule has 0 radical (unpaired) electrons. The van der Waals surface area contributed by atoms with Crippen LogP contribution in [-0.2, 0) is 17.8 Å². The van der Waals surface area contributed by atoms with Gasteiger partial charge < -0.3 is 16.3 Å². The van der Waals surface area contributed by atoms with E-state index in [9.17, 15) is 4.79 Å². The maximum Gasteiger partial charge on any atom is 0.224 e. The molecule has 0 saturated carbocycles. The predicted octanol–water partition coefficient (Wildman–Crippen LogP) is 1.03. The second-order valence-corrected chi connectivity index (χ2v) is 4.49. The highest BCUT2D eigenvalue weighted by Crippen LogP contribution is 2.05. The lowest BCUT2D eigenvalue weighted by atomic mass is 10.1. The number of nitrogens with two attached hydrogens (primary N) is 1. The first-order valence-electron chi connectivity index (χ1n) is 6.41. The fourth-order valence-corrected chi connectivity index (χ4v) is 1.80. The summed E-state index contributed by atoms with van der Waals surface area (Å²) in [6.07, 6.45) is 3.65. The number of rotatable bonds is 5. The topological polar surface area (TPSA) is 101 Å². The van der Waals surface area contributed by atoms with Gasteiger partial charge in [-0.3, -0.25) is 9.78 Å². The minimum atomic E-state index is -0.0663. The van der Waals surface area contributed by atoms with Crippen LogP contribution in [0.1, 0.15) is 16.7 Å². The smallest absolute Gasteiger partial charge is 0.224 e. The minimum absolute atomic E-state index is 0.0451. The van der Waals surface area contributed by atoms with E-state index in [-0.39, 0.29) is 18.2 Å². The molecule has 2 aromatic rings. The van der Waals surface area contributed by atoms with Gasteiger partial charge in [0.2, 0.25) is 5.91 Å². The van der Waals surface area contributed by atoms with Crippen LogP contribution in [0.4, 0.5) is 0 Å². The number of pyridine rings is 1. The van der Waals surface area contributed by atoms with Crippen LogP contribution < -0.4 is 11.1 Å². The Morgan fingerprint density at radius 2 is 1.81 bits per heavy atom. The summed E-state index contributed by atoms with van der Waals surface area (Å²) in [5.41, 5.74) is 7.94. The molecule has 1 aromatic carbocycles. The van der Waals surface area contributed by atoms with E-state index >= 15 is 0 Å². The molecular formula is C15H16N4O2. The lowest BCUT2D eigenvalue weighted by molar-refractivity contribution is -0.120. The van der Waals surface area contributed by atoms with Crippen LogP contribution in [0.5, 0.6) is 0 Å². The number of oxime groups is 1. The Labute approximate surface area is 122 Å². The molecule has 0 spiro atoms. The standard InChI is InChI=1S/C15H16N4O2/c16-15(19-21)13-3-1-11(2-4-13)9-14(20)18-10-12-5-7-17-8-6-12/h1-8,21H,9-10H2,(H2,16,19)(H,18,20). The summed E-state index contributed by atoms with van der Waals surface area (Å²) in [6, 6.07) is 10.7. The molecule has 0 saturated heterocycles. The van der Waals surface area contributed by atoms with E-state index in [1.54, 1.807) is 36.7 Å². The molecule has 21 heavy (non-hydrogen) atoms. The Balaban J connectivity index is 1.88. The van der Waals surface area contributed by atoms with Crippen molar-refractivity contribution in [3.8, 4) is 0 Å². The number of carbonyl (C=O) groups excluding carboxylic acids is 1. The van der Waals surface area contributed by atoms with Gasteiger partial charge in [0.25, 0.3) is 0 Å². The molecule has 6 nitrogen and oxygen atoms in total. The van der Waals surface area contributed by atoms with Gasteiger partial charge in [0, 0.05) is 24.5 Å². The van der Waals surface area contributed by atoms with Crippen molar-refractivity contribution in [1.29, 1.82) is 0 Å². The molecule has 0 fully saturated rings. The van der Waals surface area contributed by atoms with Crippen molar-refractivity contribution < 1.29 is 10.0 Å². The maximum atomic E-state index is 11.8. The molecule has 1 aromatic heterocycles. The van der Waals surface area contributed by atoms with Crippen LogP contribution >= 0.6 is 0 Å². The van der Waals surface area contributed by atoms with Gasteiger partial charge in [0.1, 0.15) is 0 Å². The summed E-state index contributed by atoms with van der Waals surface area (Å²) in [4.78, 5) is 15.8. The molecule has 0 atom stereocenters. The fraction of sp³-hybridized carbons (Fsp3) is 0.133. The second-order valence-electron chi connectivity index (χ2n) is 4.49. The Morgan fingerprint density at radius 3 is 2.43 bits per heavy atom. The van der Waals surface area contributed by atoms with Crippen molar-refractivity contribution in [3.63, 3.8) is 0 Å². The summed E-state index contributed by atoms with van der Waals surface area (Å²) >= 11 is 0. The van der Waals surface area contributed by atoms with Crippen LogP contribution in [0.3, 0.4) is 0 Å². The number of nitrogens with zero attached hydrogens (tertiary/aromatic N) is 2. The molecule has 6 heteroatoms. The first-order valence-corrected chi connectivity index (χ1v) is 6.41. The summed E-state index contributed by atoms with van der Waals surface area (Å²) in [5.74, 6) is -0.0213. The summed E-state index contributed by atoms with van der Waals surface area (Å²) in [5, 5.41) is 14.3. The number of carbonyl (C=O) groups is 1. The van der Waals surface area contributed by atoms with Crippen molar-refractivity contribution in [2.24, 2.45) is 10.9 Å². The number of aromatic nitrogens is 1. The number of benzene rings is 1. The van der Waals surface area contributed by atoms with Gasteiger partial charge in [-0.25, -0.2) is 0 Å². The lowest BCUT2D eigenvalue weighted by Gasteiger charge is -2.06. The van der Waals surface area contributed by atoms with Crippen molar-refractivity contribution in [3.05, 3.63) is 65.5 Å². The van der Waals surface area contributed by atoms with E-state index in [1.165, 1.54) is 0 Å². The van der Waals surface area contributed by atoms with Crippen molar-refractivity contribution in [1.82, 2.24) is 10.3 Å². The van der Waals surface area contributed by atoms with Crippen LogP contribution in [0, 0.1) is 0 Å². The van der Waals surface area contributed by atoms with Crippen LogP contribution in [0.25, 0.3) is 0 Å². The summed E-state index contributed by atoms with van der Waals surface area (Å²) in [6.45, 7) is 0.476. The van der Waals surface area contributed by atoms with Gasteiger partial charge in [-0.1, -0.05) is 29.4 Å². The molecule has 108 valence electrons. The average Bonchev–Trinajstić information content (AvgIpc) is 2.54. The first-order chi connectivity index (χ1) is 10.2. The van der Waals surface area contributed by atoms with Gasteiger partial charge in [-0.15, -0.1) is 0 Å². The Bertz CT molecular complexity index is 624. The van der Waals surface area contributed by atoms with E-state index in [0.717, 1.165) is 11.1 Å². The van der Waals surface area contributed by atoms with Gasteiger partial charge in [-0.2, -0.15) is 0 Å². The number of nitrogens with one attached hydrogen (secondary N) is 1. The van der Waals surface area contributed by atoms with Crippen LogP contribution in [0.2, 0.25) is 0 Å². The van der Waals surface area contributed by atoms with Crippen molar-refractivity contribution in [2.75, 3.05) is 0 Å². The monoisotopic (exact) mass is 284 g/mol. The zero-order valence-corrected chi connectivity index (χ0v) is 11.4. The highest BCUT2D eigenvalue weighted by molar-refractivity contribution is 5.97. The SMILES string of the molecule is NC(=NO)c1ccc(CC(=O)NCc2ccncc2)cc1. The molecule has 0 aliphatic rings. The van der Waals surface area contributed by atoms with Gasteiger partial charge in [0.05, 0.1) is 6.42 Å². The number of hydrogen-bond donors (Lipinski definition) is 3. The summed E-state index contributed by atoms with van der Waals surface area (Å²) < 4.78 is 0. The molecule has 2 rings (SSSR count). The Kier molecular flexibility index (Phi) is 4.87. The van der Waals surface area contributed by atoms with Gasteiger partial charge >= 0.3 is 0 Å². The molecular weight excluding hydrogens is 268 g/mol. The molecule has 4 N–H and O–H groups in total. The highest BCUT2D eigenvalue weighted by Gasteiger charge is 2.04. The number of amidine groups is 1. The van der Waals surface area contributed by atoms with Crippen molar-refractivity contribution in [2.45, 2.75) is 13.0 Å². The molecule has 0 aliphatic carbocycles. The first kappa shape index (κ1) is 14.5. The zero-order valence-electron chi connectivity index (χ0n) is 11.4. The van der Waals surface area contributed by atoms with Crippen LogP contribution in [0.15, 0.2) is 53.9 Å². The number of amides is 1. The van der Waals surface area contributed by atoms with E-state index in [4.69, 9.17) is 10.9 Å². The predicted molar refractivity (Wildman–Crippen MR) is 78.7 cm³/mol. The maximum absolute atomic E-state index is 11.8. The Morgan fingerprint density at radius 1 is 1.14 bits per heavy atom. The second kappa shape index (κ2) is 7.04. The van der Waals surface area contributed by atoms with E-state index in [2.05, 4.69) is 15.5 Å². The molecule has 0 unspecified atom stereocenters. The molecule has 1 heterocycles. The quantitative estimate of drug-likeness (QED) is 0.330. The van der Waals surface area contributed by atoms with Gasteiger partial charge in [-0.05, 0) is 23.3 Å². The highest BCUT2D eigenvalue weighted by atomic mass is 16.4. The summed E-state index contributed by atoms with van der Waals surface area (Å²) in [7, 11) is 0. The normalized spacial score (nSPS) is 11.1. The number of hydrogen-bond acceptors (Lipinski definition) is 4. The average molecular weight is 284 g/mol.